The molecule has 0 saturated carbocycles. The van der Waals surface area contributed by atoms with Gasteiger partial charge in [-0.3, -0.25) is 9.59 Å². The van der Waals surface area contributed by atoms with Gasteiger partial charge in [-0.1, -0.05) is 23.2 Å². The Morgan fingerprint density at radius 3 is 2.50 bits per heavy atom. The molecular weight excluding hydrogens is 315 g/mol. The second-order valence-electron chi connectivity index (χ2n) is 3.67. The SMILES string of the molecule is NC(=O)c1cc(F)c(-n2ncc(Cl)c(Cl)c2=O)cc1F. The van der Waals surface area contributed by atoms with E-state index < -0.39 is 34.4 Å². The molecule has 0 aliphatic rings. The van der Waals surface area contributed by atoms with Crippen molar-refractivity contribution in [2.24, 2.45) is 5.73 Å². The molecular formula is C11H5Cl2F2N3O2. The Morgan fingerprint density at radius 2 is 1.90 bits per heavy atom. The first-order valence-corrected chi connectivity index (χ1v) is 5.81. The Labute approximate surface area is 120 Å². The van der Waals surface area contributed by atoms with Crippen LogP contribution in [0.2, 0.25) is 10.0 Å². The summed E-state index contributed by atoms with van der Waals surface area (Å²) in [6, 6.07) is 1.19. The largest absolute Gasteiger partial charge is 0.366 e. The van der Waals surface area contributed by atoms with E-state index in [1.807, 2.05) is 0 Å². The molecule has 1 aromatic heterocycles. The van der Waals surface area contributed by atoms with Crippen LogP contribution >= 0.6 is 23.2 Å². The Morgan fingerprint density at radius 1 is 1.25 bits per heavy atom. The van der Waals surface area contributed by atoms with Crippen LogP contribution in [0.4, 0.5) is 8.78 Å². The summed E-state index contributed by atoms with van der Waals surface area (Å²) in [4.78, 5) is 22.7. The van der Waals surface area contributed by atoms with Crippen LogP contribution in [0.25, 0.3) is 5.69 Å². The number of hydrogen-bond donors (Lipinski definition) is 1. The third kappa shape index (κ3) is 2.37. The smallest absolute Gasteiger partial charge is 0.291 e. The van der Waals surface area contributed by atoms with Gasteiger partial charge < -0.3 is 5.73 Å². The van der Waals surface area contributed by atoms with Gasteiger partial charge in [0.1, 0.15) is 22.3 Å². The molecule has 1 heterocycles. The molecule has 1 amide bonds. The van der Waals surface area contributed by atoms with E-state index in [0.29, 0.717) is 16.8 Å². The van der Waals surface area contributed by atoms with E-state index in [9.17, 15) is 18.4 Å². The summed E-state index contributed by atoms with van der Waals surface area (Å²) < 4.78 is 28.0. The van der Waals surface area contributed by atoms with Crippen LogP contribution in [-0.4, -0.2) is 15.7 Å². The molecule has 1 aromatic carbocycles. The Kier molecular flexibility index (Phi) is 3.74. The zero-order chi connectivity index (χ0) is 15.0. The highest BCUT2D eigenvalue weighted by molar-refractivity contribution is 6.41. The van der Waals surface area contributed by atoms with Gasteiger partial charge in [-0.2, -0.15) is 9.78 Å². The average molecular weight is 320 g/mol. The maximum absolute atomic E-state index is 13.8. The summed E-state index contributed by atoms with van der Waals surface area (Å²) in [5.74, 6) is -3.29. The van der Waals surface area contributed by atoms with E-state index in [2.05, 4.69) is 5.10 Å². The number of rotatable bonds is 2. The van der Waals surface area contributed by atoms with Gasteiger partial charge >= 0.3 is 0 Å². The van der Waals surface area contributed by atoms with Crippen molar-refractivity contribution in [2.45, 2.75) is 0 Å². The number of carbonyl (C=O) groups is 1. The number of amides is 1. The number of halogens is 4. The van der Waals surface area contributed by atoms with E-state index in [0.717, 1.165) is 6.20 Å². The van der Waals surface area contributed by atoms with Crippen LogP contribution in [0.5, 0.6) is 0 Å². The third-order valence-electron chi connectivity index (χ3n) is 2.41. The maximum atomic E-state index is 13.8. The lowest BCUT2D eigenvalue weighted by molar-refractivity contribution is 0.0996. The van der Waals surface area contributed by atoms with Crippen molar-refractivity contribution in [3.63, 3.8) is 0 Å². The van der Waals surface area contributed by atoms with Gasteiger partial charge in [-0.25, -0.2) is 8.78 Å². The lowest BCUT2D eigenvalue weighted by Gasteiger charge is -2.08. The first-order chi connectivity index (χ1) is 9.32. The van der Waals surface area contributed by atoms with Crippen LogP contribution < -0.4 is 11.3 Å². The van der Waals surface area contributed by atoms with Crippen LogP contribution in [0.15, 0.2) is 23.1 Å². The summed E-state index contributed by atoms with van der Waals surface area (Å²) in [5, 5.41) is 3.04. The molecule has 20 heavy (non-hydrogen) atoms. The summed E-state index contributed by atoms with van der Waals surface area (Å²) in [7, 11) is 0. The van der Waals surface area contributed by atoms with Crippen molar-refractivity contribution < 1.29 is 13.6 Å². The molecule has 0 bridgehead atoms. The van der Waals surface area contributed by atoms with Crippen LogP contribution in [-0.2, 0) is 0 Å². The predicted molar refractivity (Wildman–Crippen MR) is 68.3 cm³/mol. The summed E-state index contributed by atoms with van der Waals surface area (Å²) in [6.07, 6.45) is 1.00. The molecule has 5 nitrogen and oxygen atoms in total. The predicted octanol–water partition coefficient (Wildman–Crippen LogP) is 1.92. The molecule has 0 radical (unpaired) electrons. The van der Waals surface area contributed by atoms with Crippen LogP contribution in [0.1, 0.15) is 10.4 Å². The molecule has 9 heteroatoms. The number of primary amides is 1. The minimum Gasteiger partial charge on any atom is -0.366 e. The highest BCUT2D eigenvalue weighted by Gasteiger charge is 2.18. The standard InChI is InChI=1S/C11H5Cl2F2N3O2/c12-5-3-17-18(11(20)9(5)13)8-2-6(14)4(10(16)19)1-7(8)15/h1-3H,(H2,16,19). The van der Waals surface area contributed by atoms with Gasteiger partial charge in [0.25, 0.3) is 11.5 Å². The molecule has 2 rings (SSSR count). The molecule has 2 aromatic rings. The number of hydrogen-bond acceptors (Lipinski definition) is 3. The molecule has 0 fully saturated rings. The molecule has 0 aliphatic heterocycles. The second-order valence-corrected chi connectivity index (χ2v) is 4.46. The Hall–Kier alpha value is -1.99. The molecule has 104 valence electrons. The molecule has 0 unspecified atom stereocenters. The Bertz CT molecular complexity index is 777. The quantitative estimate of drug-likeness (QED) is 0.918. The van der Waals surface area contributed by atoms with Crippen molar-refractivity contribution in [3.05, 3.63) is 55.9 Å². The highest BCUT2D eigenvalue weighted by Crippen LogP contribution is 2.20. The fraction of sp³-hybridized carbons (Fsp3) is 0. The van der Waals surface area contributed by atoms with E-state index in [4.69, 9.17) is 28.9 Å². The van der Waals surface area contributed by atoms with E-state index in [-0.39, 0.29) is 10.0 Å². The number of carbonyl (C=O) groups excluding carboxylic acids is 1. The van der Waals surface area contributed by atoms with Crippen LogP contribution in [0, 0.1) is 11.6 Å². The molecule has 0 atom stereocenters. The summed E-state index contributed by atoms with van der Waals surface area (Å²) in [6.45, 7) is 0. The Balaban J connectivity index is 2.72. The van der Waals surface area contributed by atoms with Gasteiger partial charge in [0.05, 0.1) is 16.8 Å². The normalized spacial score (nSPS) is 10.6. The molecule has 0 aliphatic carbocycles. The average Bonchev–Trinajstić information content (AvgIpc) is 2.38. The van der Waals surface area contributed by atoms with Gasteiger partial charge in [0.15, 0.2) is 0 Å². The summed E-state index contributed by atoms with van der Waals surface area (Å²) >= 11 is 11.2. The first-order valence-electron chi connectivity index (χ1n) is 5.05. The van der Waals surface area contributed by atoms with Gasteiger partial charge in [-0.15, -0.1) is 0 Å². The number of aromatic nitrogens is 2. The maximum Gasteiger partial charge on any atom is 0.291 e. The highest BCUT2D eigenvalue weighted by atomic mass is 35.5. The van der Waals surface area contributed by atoms with Crippen molar-refractivity contribution in [3.8, 4) is 5.69 Å². The summed E-state index contributed by atoms with van der Waals surface area (Å²) in [5.41, 5.74) is 2.79. The van der Waals surface area contributed by atoms with E-state index in [1.54, 1.807) is 0 Å². The molecule has 0 spiro atoms. The minimum atomic E-state index is -1.14. The number of benzene rings is 1. The topological polar surface area (TPSA) is 78.0 Å². The minimum absolute atomic E-state index is 0.123. The van der Waals surface area contributed by atoms with Crippen molar-refractivity contribution in [1.29, 1.82) is 0 Å². The fourth-order valence-electron chi connectivity index (χ4n) is 1.47. The van der Waals surface area contributed by atoms with Gasteiger partial charge in [-0.05, 0) is 6.07 Å². The zero-order valence-corrected chi connectivity index (χ0v) is 11.0. The van der Waals surface area contributed by atoms with Gasteiger partial charge in [0, 0.05) is 6.07 Å². The lowest BCUT2D eigenvalue weighted by Crippen LogP contribution is -2.23. The van der Waals surface area contributed by atoms with Crippen molar-refractivity contribution in [1.82, 2.24) is 9.78 Å². The zero-order valence-electron chi connectivity index (χ0n) is 9.53. The number of nitrogens with zero attached hydrogens (tertiary/aromatic N) is 2. The monoisotopic (exact) mass is 319 g/mol. The fourth-order valence-corrected chi connectivity index (χ4v) is 1.73. The van der Waals surface area contributed by atoms with Gasteiger partial charge in [0.2, 0.25) is 0 Å². The van der Waals surface area contributed by atoms with E-state index >= 15 is 0 Å². The van der Waals surface area contributed by atoms with Crippen molar-refractivity contribution >= 4 is 29.1 Å². The third-order valence-corrected chi connectivity index (χ3v) is 3.16. The first kappa shape index (κ1) is 14.4. The molecule has 2 N–H and O–H groups in total. The second kappa shape index (κ2) is 5.18. The lowest BCUT2D eigenvalue weighted by atomic mass is 10.1. The van der Waals surface area contributed by atoms with Crippen molar-refractivity contribution in [2.75, 3.05) is 0 Å². The molecule has 0 saturated heterocycles. The van der Waals surface area contributed by atoms with E-state index in [1.165, 1.54) is 0 Å². The van der Waals surface area contributed by atoms with Crippen LogP contribution in [0.3, 0.4) is 0 Å². The number of nitrogens with two attached hydrogens (primary N) is 1.